The van der Waals surface area contributed by atoms with E-state index >= 15 is 0 Å². The molecule has 0 amide bonds. The first-order valence-electron chi connectivity index (χ1n) is 3.62. The Morgan fingerprint density at radius 1 is 1.27 bits per heavy atom. The summed E-state index contributed by atoms with van der Waals surface area (Å²) in [7, 11) is 0. The van der Waals surface area contributed by atoms with Crippen LogP contribution in [0.2, 0.25) is 0 Å². The first kappa shape index (κ1) is 10.3. The lowest BCUT2D eigenvalue weighted by Crippen LogP contribution is -2.47. The van der Waals surface area contributed by atoms with Gasteiger partial charge in [0.15, 0.2) is 0 Å². The van der Waals surface area contributed by atoms with Gasteiger partial charge in [-0.25, -0.2) is 0 Å². The van der Waals surface area contributed by atoms with E-state index in [1.807, 2.05) is 0 Å². The second kappa shape index (κ2) is 3.62. The van der Waals surface area contributed by atoms with Crippen LogP contribution < -0.4 is 5.32 Å². The van der Waals surface area contributed by atoms with Crippen molar-refractivity contribution in [2.24, 2.45) is 0 Å². The van der Waals surface area contributed by atoms with Gasteiger partial charge in [-0.1, -0.05) is 0 Å². The van der Waals surface area contributed by atoms with Crippen molar-refractivity contribution >= 4 is 11.6 Å². The summed E-state index contributed by atoms with van der Waals surface area (Å²) < 4.78 is 0. The Morgan fingerprint density at radius 3 is 2.00 bits per heavy atom. The molecule has 64 valence electrons. The first-order valence-corrected chi connectivity index (χ1v) is 3.62. The van der Waals surface area contributed by atoms with Crippen LogP contribution in [0.1, 0.15) is 27.7 Å². The van der Waals surface area contributed by atoms with Crippen molar-refractivity contribution in [2.45, 2.75) is 33.2 Å². The van der Waals surface area contributed by atoms with Crippen LogP contribution in [0, 0.1) is 0 Å². The van der Waals surface area contributed by atoms with Crippen LogP contribution in [0.5, 0.6) is 0 Å². The lowest BCUT2D eigenvalue weighted by Gasteiger charge is -2.21. The van der Waals surface area contributed by atoms with Crippen LogP contribution in [-0.2, 0) is 9.59 Å². The molecule has 11 heavy (non-hydrogen) atoms. The number of ketones is 2. The Balaban J connectivity index is 3.92. The summed E-state index contributed by atoms with van der Waals surface area (Å²) in [5.41, 5.74) is -0.578. The largest absolute Gasteiger partial charge is 0.299 e. The molecule has 0 heterocycles. The zero-order valence-corrected chi connectivity index (χ0v) is 7.52. The molecule has 0 aliphatic heterocycles. The minimum atomic E-state index is -0.578. The fourth-order valence-electron chi connectivity index (χ4n) is 0.470. The molecule has 0 spiro atoms. The van der Waals surface area contributed by atoms with Gasteiger partial charge >= 0.3 is 0 Å². The maximum Gasteiger partial charge on any atom is 0.149 e. The molecule has 0 unspecified atom stereocenters. The van der Waals surface area contributed by atoms with Gasteiger partial charge in [-0.05, 0) is 27.7 Å². The molecule has 0 fully saturated rings. The fraction of sp³-hybridized carbons (Fsp3) is 0.750. The van der Waals surface area contributed by atoms with E-state index in [0.717, 1.165) is 0 Å². The highest BCUT2D eigenvalue weighted by Crippen LogP contribution is 2.01. The Kier molecular flexibility index (Phi) is 3.39. The summed E-state index contributed by atoms with van der Waals surface area (Å²) in [4.78, 5) is 21.4. The van der Waals surface area contributed by atoms with E-state index in [2.05, 4.69) is 5.32 Å². The Hall–Kier alpha value is -0.700. The molecule has 0 atom stereocenters. The summed E-state index contributed by atoms with van der Waals surface area (Å²) in [6, 6.07) is 0. The summed E-state index contributed by atoms with van der Waals surface area (Å²) in [5, 5.41) is 2.86. The number of nitrogens with one attached hydrogen (secondary N) is 1. The minimum absolute atomic E-state index is 0.0405. The van der Waals surface area contributed by atoms with E-state index in [-0.39, 0.29) is 18.1 Å². The number of carbonyl (C=O) groups is 2. The molecule has 0 bridgehead atoms. The van der Waals surface area contributed by atoms with Gasteiger partial charge in [-0.15, -0.1) is 0 Å². The van der Waals surface area contributed by atoms with E-state index in [0.29, 0.717) is 0 Å². The number of hydrogen-bond acceptors (Lipinski definition) is 3. The zero-order valence-electron chi connectivity index (χ0n) is 7.52. The van der Waals surface area contributed by atoms with Gasteiger partial charge in [0, 0.05) is 0 Å². The van der Waals surface area contributed by atoms with Crippen LogP contribution in [0.4, 0.5) is 0 Å². The molecule has 0 aliphatic rings. The Labute approximate surface area is 67.2 Å². The van der Waals surface area contributed by atoms with Crippen LogP contribution >= 0.6 is 0 Å². The quantitative estimate of drug-likeness (QED) is 0.647. The predicted molar refractivity (Wildman–Crippen MR) is 43.4 cm³/mol. The Bertz CT molecular complexity index is 173. The molecule has 3 heteroatoms. The number of hydrogen-bond donors (Lipinski definition) is 1. The molecular formula is C8H15NO2. The lowest BCUT2D eigenvalue weighted by atomic mass is 10.0. The first-order chi connectivity index (χ1) is 4.86. The van der Waals surface area contributed by atoms with E-state index < -0.39 is 5.54 Å². The fourth-order valence-corrected chi connectivity index (χ4v) is 0.470. The molecular weight excluding hydrogens is 142 g/mol. The maximum absolute atomic E-state index is 10.9. The van der Waals surface area contributed by atoms with Crippen molar-refractivity contribution in [3.8, 4) is 0 Å². The lowest BCUT2D eigenvalue weighted by molar-refractivity contribution is -0.122. The highest BCUT2D eigenvalue weighted by atomic mass is 16.1. The van der Waals surface area contributed by atoms with Crippen molar-refractivity contribution in [1.82, 2.24) is 5.32 Å². The average Bonchev–Trinajstić information content (AvgIpc) is 1.84. The van der Waals surface area contributed by atoms with Gasteiger partial charge in [-0.3, -0.25) is 14.9 Å². The minimum Gasteiger partial charge on any atom is -0.299 e. The zero-order chi connectivity index (χ0) is 9.07. The molecule has 0 aromatic carbocycles. The second-order valence-corrected chi connectivity index (χ2v) is 3.24. The number of rotatable bonds is 4. The van der Waals surface area contributed by atoms with Gasteiger partial charge in [0.2, 0.25) is 0 Å². The van der Waals surface area contributed by atoms with Gasteiger partial charge < -0.3 is 0 Å². The highest BCUT2D eigenvalue weighted by molar-refractivity contribution is 5.86. The van der Waals surface area contributed by atoms with Gasteiger partial charge in [0.25, 0.3) is 0 Å². The number of carbonyl (C=O) groups excluding carboxylic acids is 2. The third kappa shape index (κ3) is 3.88. The van der Waals surface area contributed by atoms with E-state index in [4.69, 9.17) is 0 Å². The average molecular weight is 157 g/mol. The van der Waals surface area contributed by atoms with Crippen molar-refractivity contribution in [1.29, 1.82) is 0 Å². The highest BCUT2D eigenvalue weighted by Gasteiger charge is 2.22. The summed E-state index contributed by atoms with van der Waals surface area (Å²) >= 11 is 0. The van der Waals surface area contributed by atoms with Crippen molar-refractivity contribution < 1.29 is 9.59 Å². The summed E-state index contributed by atoms with van der Waals surface area (Å²) in [6.45, 7) is 6.78. The topological polar surface area (TPSA) is 46.2 Å². The van der Waals surface area contributed by atoms with Crippen LogP contribution in [0.3, 0.4) is 0 Å². The summed E-state index contributed by atoms with van der Waals surface area (Å²) in [5.74, 6) is 0.0816. The SMILES string of the molecule is CC(=O)CNC(C)(C)C(C)=O. The molecule has 0 rings (SSSR count). The van der Waals surface area contributed by atoms with Crippen LogP contribution in [0.25, 0.3) is 0 Å². The number of Topliss-reactive ketones (excluding diaryl/α,β-unsaturated/α-hetero) is 2. The van der Waals surface area contributed by atoms with E-state index in [9.17, 15) is 9.59 Å². The molecule has 0 saturated heterocycles. The van der Waals surface area contributed by atoms with Crippen molar-refractivity contribution in [2.75, 3.05) is 6.54 Å². The Morgan fingerprint density at radius 2 is 1.73 bits per heavy atom. The second-order valence-electron chi connectivity index (χ2n) is 3.24. The molecule has 0 aliphatic carbocycles. The normalized spacial score (nSPS) is 11.3. The standard InChI is InChI=1S/C8H15NO2/c1-6(10)5-9-8(3,4)7(2)11/h9H,5H2,1-4H3. The van der Waals surface area contributed by atoms with Crippen LogP contribution in [-0.4, -0.2) is 23.7 Å². The van der Waals surface area contributed by atoms with Gasteiger partial charge in [0.1, 0.15) is 11.6 Å². The van der Waals surface area contributed by atoms with Crippen molar-refractivity contribution in [3.05, 3.63) is 0 Å². The molecule has 0 radical (unpaired) electrons. The van der Waals surface area contributed by atoms with Gasteiger partial charge in [0.05, 0.1) is 12.1 Å². The smallest absolute Gasteiger partial charge is 0.149 e. The monoisotopic (exact) mass is 157 g/mol. The molecule has 0 aromatic heterocycles. The molecule has 0 aromatic rings. The van der Waals surface area contributed by atoms with Gasteiger partial charge in [-0.2, -0.15) is 0 Å². The van der Waals surface area contributed by atoms with Crippen LogP contribution in [0.15, 0.2) is 0 Å². The summed E-state index contributed by atoms with van der Waals surface area (Å²) in [6.07, 6.45) is 0. The molecule has 0 saturated carbocycles. The molecule has 3 nitrogen and oxygen atoms in total. The third-order valence-corrected chi connectivity index (χ3v) is 1.66. The predicted octanol–water partition coefficient (Wildman–Crippen LogP) is 0.533. The third-order valence-electron chi connectivity index (χ3n) is 1.66. The van der Waals surface area contributed by atoms with Crippen molar-refractivity contribution in [3.63, 3.8) is 0 Å². The van der Waals surface area contributed by atoms with E-state index in [1.54, 1.807) is 13.8 Å². The van der Waals surface area contributed by atoms with E-state index in [1.165, 1.54) is 13.8 Å². The molecule has 1 N–H and O–H groups in total. The maximum atomic E-state index is 10.9.